The van der Waals surface area contributed by atoms with E-state index in [2.05, 4.69) is 36.6 Å². The van der Waals surface area contributed by atoms with Crippen LogP contribution in [0.4, 0.5) is 0 Å². The number of hydrogen-bond acceptors (Lipinski definition) is 1. The highest BCUT2D eigenvalue weighted by molar-refractivity contribution is 6.20. The minimum Gasteiger partial charge on any atom is -0.327 e. The Balaban J connectivity index is 2.30. The van der Waals surface area contributed by atoms with Gasteiger partial charge in [-0.05, 0) is 38.0 Å². The molecule has 2 aromatic rings. The van der Waals surface area contributed by atoms with Gasteiger partial charge in [-0.1, -0.05) is 32.3 Å². The first kappa shape index (κ1) is 14.4. The molecule has 3 heteroatoms. The van der Waals surface area contributed by atoms with Crippen LogP contribution in [0.15, 0.2) is 18.2 Å². The number of fused-ring (bicyclic) bond motifs is 1. The quantitative estimate of drug-likeness (QED) is 0.523. The van der Waals surface area contributed by atoms with Crippen LogP contribution in [0.25, 0.3) is 11.0 Å². The highest BCUT2D eigenvalue weighted by atomic mass is 35.5. The number of rotatable bonds is 6. The number of hydrogen-bond donors (Lipinski definition) is 0. The number of aryl methyl sites for hydroxylation is 2. The van der Waals surface area contributed by atoms with E-state index in [1.54, 1.807) is 0 Å². The summed E-state index contributed by atoms with van der Waals surface area (Å²) in [5.74, 6) is 0.999. The normalized spacial score (nSPS) is 13.1. The van der Waals surface area contributed by atoms with Crippen molar-refractivity contribution >= 4 is 22.6 Å². The molecule has 0 spiro atoms. The minimum atomic E-state index is -0.0427. The SMILES string of the molecule is CCCCCCn1c(C(C)Cl)nc2cc(C)ccc21. The van der Waals surface area contributed by atoms with Gasteiger partial charge in [-0.2, -0.15) is 0 Å². The molecule has 0 bridgehead atoms. The van der Waals surface area contributed by atoms with Crippen LogP contribution in [-0.4, -0.2) is 9.55 Å². The van der Waals surface area contributed by atoms with E-state index in [9.17, 15) is 0 Å². The van der Waals surface area contributed by atoms with Gasteiger partial charge >= 0.3 is 0 Å². The molecule has 0 saturated heterocycles. The first-order chi connectivity index (χ1) is 9.13. The Kier molecular flexibility index (Phi) is 4.87. The van der Waals surface area contributed by atoms with Gasteiger partial charge in [-0.15, -0.1) is 11.6 Å². The molecule has 0 radical (unpaired) electrons. The van der Waals surface area contributed by atoms with Crippen LogP contribution in [0.5, 0.6) is 0 Å². The van der Waals surface area contributed by atoms with Crippen molar-refractivity contribution in [2.45, 2.75) is 58.4 Å². The number of benzene rings is 1. The highest BCUT2D eigenvalue weighted by Crippen LogP contribution is 2.25. The molecule has 1 heterocycles. The lowest BCUT2D eigenvalue weighted by Crippen LogP contribution is -2.04. The summed E-state index contributed by atoms with van der Waals surface area (Å²) in [6.45, 7) is 7.36. The molecule has 2 rings (SSSR count). The summed E-state index contributed by atoms with van der Waals surface area (Å²) in [5.41, 5.74) is 3.53. The van der Waals surface area contributed by atoms with Crippen molar-refractivity contribution in [3.63, 3.8) is 0 Å². The average Bonchev–Trinajstić information content (AvgIpc) is 2.72. The molecule has 1 atom stereocenters. The van der Waals surface area contributed by atoms with Crippen LogP contribution in [0.1, 0.15) is 56.3 Å². The lowest BCUT2D eigenvalue weighted by molar-refractivity contribution is 0.574. The second-order valence-corrected chi connectivity index (χ2v) is 5.95. The fraction of sp³-hybridized carbons (Fsp3) is 0.562. The molecule has 0 aliphatic carbocycles. The van der Waals surface area contributed by atoms with Crippen LogP contribution in [0.2, 0.25) is 0 Å². The standard InChI is InChI=1S/C16H23ClN2/c1-4-5-6-7-10-19-15-9-8-12(2)11-14(15)18-16(19)13(3)17/h8-9,11,13H,4-7,10H2,1-3H3. The summed E-state index contributed by atoms with van der Waals surface area (Å²) in [6, 6.07) is 6.45. The van der Waals surface area contributed by atoms with E-state index < -0.39 is 0 Å². The topological polar surface area (TPSA) is 17.8 Å². The van der Waals surface area contributed by atoms with E-state index in [0.717, 1.165) is 17.9 Å². The average molecular weight is 279 g/mol. The zero-order valence-corrected chi connectivity index (χ0v) is 12.9. The van der Waals surface area contributed by atoms with E-state index in [-0.39, 0.29) is 5.38 Å². The monoisotopic (exact) mass is 278 g/mol. The van der Waals surface area contributed by atoms with E-state index >= 15 is 0 Å². The van der Waals surface area contributed by atoms with Crippen LogP contribution in [-0.2, 0) is 6.54 Å². The zero-order chi connectivity index (χ0) is 13.8. The molecule has 0 aliphatic heterocycles. The molecular weight excluding hydrogens is 256 g/mol. The second-order valence-electron chi connectivity index (χ2n) is 5.29. The molecule has 1 aromatic heterocycles. The largest absolute Gasteiger partial charge is 0.327 e. The van der Waals surface area contributed by atoms with Crippen LogP contribution in [0.3, 0.4) is 0 Å². The Bertz CT molecular complexity index is 543. The van der Waals surface area contributed by atoms with Crippen molar-refractivity contribution in [1.29, 1.82) is 0 Å². The molecule has 0 N–H and O–H groups in total. The number of halogens is 1. The molecule has 104 valence electrons. The Labute approximate surface area is 120 Å². The molecule has 0 fully saturated rings. The lowest BCUT2D eigenvalue weighted by Gasteiger charge is -2.10. The Morgan fingerprint density at radius 3 is 2.74 bits per heavy atom. The summed E-state index contributed by atoms with van der Waals surface area (Å²) < 4.78 is 2.29. The van der Waals surface area contributed by atoms with Crippen molar-refractivity contribution in [2.75, 3.05) is 0 Å². The van der Waals surface area contributed by atoms with Gasteiger partial charge in [0.25, 0.3) is 0 Å². The molecule has 0 amide bonds. The van der Waals surface area contributed by atoms with Crippen LogP contribution in [0, 0.1) is 6.92 Å². The van der Waals surface area contributed by atoms with Gasteiger partial charge in [0.05, 0.1) is 16.4 Å². The summed E-state index contributed by atoms with van der Waals surface area (Å²) in [7, 11) is 0. The van der Waals surface area contributed by atoms with Crippen LogP contribution >= 0.6 is 11.6 Å². The van der Waals surface area contributed by atoms with E-state index in [1.165, 1.54) is 36.8 Å². The minimum absolute atomic E-state index is 0.0427. The molecule has 19 heavy (non-hydrogen) atoms. The third kappa shape index (κ3) is 3.30. The van der Waals surface area contributed by atoms with E-state index in [4.69, 9.17) is 16.6 Å². The number of imidazole rings is 1. The van der Waals surface area contributed by atoms with Crippen molar-refractivity contribution in [3.05, 3.63) is 29.6 Å². The van der Waals surface area contributed by atoms with E-state index in [0.29, 0.717) is 0 Å². The number of nitrogens with zero attached hydrogens (tertiary/aromatic N) is 2. The molecular formula is C16H23ClN2. The number of unbranched alkanes of at least 4 members (excludes halogenated alkanes) is 3. The Hall–Kier alpha value is -1.02. The smallest absolute Gasteiger partial charge is 0.127 e. The molecule has 0 saturated carbocycles. The number of aromatic nitrogens is 2. The van der Waals surface area contributed by atoms with Gasteiger partial charge in [-0.3, -0.25) is 0 Å². The maximum atomic E-state index is 6.28. The van der Waals surface area contributed by atoms with Crippen molar-refractivity contribution in [1.82, 2.24) is 9.55 Å². The fourth-order valence-electron chi connectivity index (χ4n) is 2.49. The second kappa shape index (κ2) is 6.42. The summed E-state index contributed by atoms with van der Waals surface area (Å²) >= 11 is 6.28. The predicted octanol–water partition coefficient (Wildman–Crippen LogP) is 5.22. The molecule has 2 nitrogen and oxygen atoms in total. The number of alkyl halides is 1. The third-order valence-electron chi connectivity index (χ3n) is 3.52. The van der Waals surface area contributed by atoms with Gasteiger partial charge in [0.15, 0.2) is 0 Å². The maximum Gasteiger partial charge on any atom is 0.127 e. The molecule has 1 unspecified atom stereocenters. The third-order valence-corrected chi connectivity index (χ3v) is 3.72. The van der Waals surface area contributed by atoms with Gasteiger partial charge in [0, 0.05) is 6.54 Å². The van der Waals surface area contributed by atoms with Crippen molar-refractivity contribution in [3.8, 4) is 0 Å². The Morgan fingerprint density at radius 2 is 2.05 bits per heavy atom. The van der Waals surface area contributed by atoms with E-state index in [1.807, 2.05) is 6.92 Å². The highest BCUT2D eigenvalue weighted by Gasteiger charge is 2.14. The summed E-state index contributed by atoms with van der Waals surface area (Å²) in [6.07, 6.45) is 5.04. The first-order valence-corrected chi connectivity index (χ1v) is 7.68. The van der Waals surface area contributed by atoms with Crippen molar-refractivity contribution in [2.24, 2.45) is 0 Å². The maximum absolute atomic E-state index is 6.28. The Morgan fingerprint density at radius 1 is 1.26 bits per heavy atom. The predicted molar refractivity (Wildman–Crippen MR) is 82.9 cm³/mol. The van der Waals surface area contributed by atoms with Crippen LogP contribution < -0.4 is 0 Å². The van der Waals surface area contributed by atoms with Gasteiger partial charge in [0.2, 0.25) is 0 Å². The van der Waals surface area contributed by atoms with Gasteiger partial charge in [-0.25, -0.2) is 4.98 Å². The first-order valence-electron chi connectivity index (χ1n) is 7.24. The fourth-order valence-corrected chi connectivity index (χ4v) is 2.66. The molecule has 1 aromatic carbocycles. The lowest BCUT2D eigenvalue weighted by atomic mass is 10.2. The van der Waals surface area contributed by atoms with Gasteiger partial charge in [0.1, 0.15) is 5.82 Å². The van der Waals surface area contributed by atoms with Gasteiger partial charge < -0.3 is 4.57 Å². The van der Waals surface area contributed by atoms with Crippen molar-refractivity contribution < 1.29 is 0 Å². The summed E-state index contributed by atoms with van der Waals surface area (Å²) in [4.78, 5) is 4.70. The molecule has 0 aliphatic rings. The zero-order valence-electron chi connectivity index (χ0n) is 12.1. The summed E-state index contributed by atoms with van der Waals surface area (Å²) in [5, 5.41) is -0.0427.